The van der Waals surface area contributed by atoms with Crippen molar-refractivity contribution in [3.05, 3.63) is 74.3 Å². The van der Waals surface area contributed by atoms with Gasteiger partial charge in [-0.25, -0.2) is 4.98 Å². The van der Waals surface area contributed by atoms with Crippen LogP contribution in [0.15, 0.2) is 47.4 Å². The van der Waals surface area contributed by atoms with E-state index in [-0.39, 0.29) is 21.2 Å². The van der Waals surface area contributed by atoms with Crippen molar-refractivity contribution >= 4 is 28.8 Å². The number of phenolic OH excluding ortho intramolecular Hbond substituents is 1. The molecule has 172 valence electrons. The van der Waals surface area contributed by atoms with E-state index in [4.69, 9.17) is 23.2 Å². The summed E-state index contributed by atoms with van der Waals surface area (Å²) in [7, 11) is 0. The lowest BCUT2D eigenvalue weighted by Crippen LogP contribution is -2.18. The summed E-state index contributed by atoms with van der Waals surface area (Å²) in [6.07, 6.45) is -8.81. The zero-order valence-electron chi connectivity index (χ0n) is 15.8. The highest BCUT2D eigenvalue weighted by Gasteiger charge is 2.38. The number of aromatic nitrogens is 3. The molecule has 33 heavy (non-hydrogen) atoms. The van der Waals surface area contributed by atoms with Gasteiger partial charge in [-0.15, -0.1) is 0 Å². The molecule has 0 bridgehead atoms. The molecule has 0 saturated carbocycles. The third kappa shape index (κ3) is 4.02. The van der Waals surface area contributed by atoms with Crippen molar-refractivity contribution in [2.24, 2.45) is 0 Å². The molecule has 0 aliphatic carbocycles. The number of fused-ring (bicyclic) bond motifs is 1. The highest BCUT2D eigenvalue weighted by atomic mass is 35.5. The third-order valence-corrected chi connectivity index (χ3v) is 5.50. The average molecular weight is 508 g/mol. The van der Waals surface area contributed by atoms with Gasteiger partial charge in [-0.1, -0.05) is 29.3 Å². The molecule has 4 rings (SSSR count). The van der Waals surface area contributed by atoms with E-state index in [1.165, 1.54) is 18.2 Å². The monoisotopic (exact) mass is 507 g/mol. The summed E-state index contributed by atoms with van der Waals surface area (Å²) < 4.78 is 80.3. The van der Waals surface area contributed by atoms with Crippen molar-refractivity contribution < 1.29 is 31.4 Å². The first-order chi connectivity index (χ1) is 15.3. The van der Waals surface area contributed by atoms with E-state index in [0.29, 0.717) is 16.6 Å². The predicted molar refractivity (Wildman–Crippen MR) is 108 cm³/mol. The second-order valence-corrected chi connectivity index (χ2v) is 7.67. The molecule has 0 fully saturated rings. The van der Waals surface area contributed by atoms with Gasteiger partial charge < -0.3 is 5.11 Å². The normalized spacial score (nSPS) is 12.5. The predicted octanol–water partition coefficient (Wildman–Crippen LogP) is 6.41. The number of alkyl halides is 6. The second kappa shape index (κ2) is 7.70. The number of H-pyrrole nitrogens is 1. The lowest BCUT2D eigenvalue weighted by atomic mass is 10.0. The Morgan fingerprint density at radius 3 is 2.18 bits per heavy atom. The summed E-state index contributed by atoms with van der Waals surface area (Å²) in [5, 5.41) is 12.0. The van der Waals surface area contributed by atoms with Gasteiger partial charge in [0.1, 0.15) is 11.4 Å². The third-order valence-electron chi connectivity index (χ3n) is 4.77. The molecule has 2 N–H and O–H groups in total. The fourth-order valence-corrected chi connectivity index (χ4v) is 3.56. The number of benzene rings is 2. The Kier molecular flexibility index (Phi) is 5.37. The van der Waals surface area contributed by atoms with Crippen LogP contribution in [-0.2, 0) is 12.4 Å². The van der Waals surface area contributed by atoms with E-state index in [1.807, 2.05) is 5.10 Å². The summed E-state index contributed by atoms with van der Waals surface area (Å²) >= 11 is 11.8. The molecule has 2 heterocycles. The van der Waals surface area contributed by atoms with Crippen molar-refractivity contribution in [3.63, 3.8) is 0 Å². The minimum atomic E-state index is -4.93. The Morgan fingerprint density at radius 2 is 1.61 bits per heavy atom. The van der Waals surface area contributed by atoms with E-state index in [9.17, 15) is 36.2 Å². The fourth-order valence-electron chi connectivity index (χ4n) is 3.27. The molecule has 2 aromatic carbocycles. The van der Waals surface area contributed by atoms with Crippen LogP contribution in [0.1, 0.15) is 11.3 Å². The van der Waals surface area contributed by atoms with Crippen LogP contribution >= 0.6 is 23.2 Å². The molecule has 13 heteroatoms. The van der Waals surface area contributed by atoms with Gasteiger partial charge >= 0.3 is 12.4 Å². The quantitative estimate of drug-likeness (QED) is 0.308. The van der Waals surface area contributed by atoms with E-state index in [0.717, 1.165) is 12.3 Å². The van der Waals surface area contributed by atoms with Crippen LogP contribution in [0.5, 0.6) is 5.75 Å². The number of aromatic amines is 1. The summed E-state index contributed by atoms with van der Waals surface area (Å²) in [5.74, 6) is -0.893. The van der Waals surface area contributed by atoms with Gasteiger partial charge in [-0.05, 0) is 35.9 Å². The number of nitrogens with zero attached hydrogens (tertiary/aromatic N) is 2. The summed E-state index contributed by atoms with van der Waals surface area (Å²) in [5.41, 5.74) is -5.25. The Bertz CT molecular complexity index is 1460. The first-order valence-electron chi connectivity index (χ1n) is 8.86. The van der Waals surface area contributed by atoms with Gasteiger partial charge in [-0.2, -0.15) is 30.9 Å². The maximum atomic E-state index is 13.7. The lowest BCUT2D eigenvalue weighted by Gasteiger charge is -2.10. The molecule has 0 atom stereocenters. The molecule has 0 aliphatic heterocycles. The van der Waals surface area contributed by atoms with Gasteiger partial charge in [-0.3, -0.25) is 9.89 Å². The van der Waals surface area contributed by atoms with Crippen LogP contribution in [-0.4, -0.2) is 19.7 Å². The largest absolute Gasteiger partial charge is 0.507 e. The highest BCUT2D eigenvalue weighted by Crippen LogP contribution is 2.40. The highest BCUT2D eigenvalue weighted by molar-refractivity contribution is 6.42. The maximum absolute atomic E-state index is 13.7. The number of rotatable bonds is 2. The molecule has 4 aromatic rings. The Labute approximate surface area is 189 Å². The van der Waals surface area contributed by atoms with E-state index in [2.05, 4.69) is 4.98 Å². The molecule has 0 unspecified atom stereocenters. The first kappa shape index (κ1) is 23.0. The Hall–Kier alpha value is -3.18. The van der Waals surface area contributed by atoms with Crippen LogP contribution in [0.25, 0.3) is 27.9 Å². The molecular weight excluding hydrogens is 499 g/mol. The molecule has 0 radical (unpaired) electrons. The Morgan fingerprint density at radius 1 is 0.909 bits per heavy atom. The smallest absolute Gasteiger partial charge is 0.433 e. The SMILES string of the molecule is O=c1c(-c2ccc(C(F)(F)F)cc2O)cnc2c(-c3ccc(Cl)c(Cl)c3)c(C(F)(F)F)[nH]n12. The fraction of sp³-hybridized carbons (Fsp3) is 0.100. The van der Waals surface area contributed by atoms with E-state index >= 15 is 0 Å². The van der Waals surface area contributed by atoms with Crippen LogP contribution in [0, 0.1) is 0 Å². The summed E-state index contributed by atoms with van der Waals surface area (Å²) in [6.45, 7) is 0. The standard InChI is InChI=1S/C20H9Cl2F6N3O2/c21-12-4-1-8(5-13(12)22)15-16(20(26,27)28)30-31-17(15)29-7-11(18(31)33)10-3-2-9(6-14(10)32)19(23,24)25/h1-7,30,32H. The number of hydrogen-bond acceptors (Lipinski definition) is 3. The number of hydrogen-bond donors (Lipinski definition) is 2. The van der Waals surface area contributed by atoms with Gasteiger partial charge in [0, 0.05) is 11.8 Å². The lowest BCUT2D eigenvalue weighted by molar-refractivity contribution is -0.141. The first-order valence-corrected chi connectivity index (χ1v) is 9.61. The molecular formula is C20H9Cl2F6N3O2. The Balaban J connectivity index is 1.98. The minimum absolute atomic E-state index is 0.0321. The summed E-state index contributed by atoms with van der Waals surface area (Å²) in [6, 6.07) is 5.56. The molecule has 0 amide bonds. The van der Waals surface area contributed by atoms with E-state index < -0.39 is 51.7 Å². The minimum Gasteiger partial charge on any atom is -0.507 e. The summed E-state index contributed by atoms with van der Waals surface area (Å²) in [4.78, 5) is 16.9. The van der Waals surface area contributed by atoms with Crippen LogP contribution in [0.4, 0.5) is 26.3 Å². The van der Waals surface area contributed by atoms with E-state index in [1.54, 1.807) is 0 Å². The number of nitrogens with one attached hydrogen (secondary N) is 1. The van der Waals surface area contributed by atoms with Crippen LogP contribution < -0.4 is 5.56 Å². The van der Waals surface area contributed by atoms with Crippen LogP contribution in [0.3, 0.4) is 0 Å². The molecule has 0 saturated heterocycles. The van der Waals surface area contributed by atoms with Crippen molar-refractivity contribution in [3.8, 4) is 28.0 Å². The topological polar surface area (TPSA) is 70.4 Å². The number of phenols is 1. The molecule has 5 nitrogen and oxygen atoms in total. The van der Waals surface area contributed by atoms with Crippen molar-refractivity contribution in [2.75, 3.05) is 0 Å². The van der Waals surface area contributed by atoms with Gasteiger partial charge in [0.15, 0.2) is 5.65 Å². The number of aromatic hydroxyl groups is 1. The zero-order valence-corrected chi connectivity index (χ0v) is 17.3. The molecule has 0 aliphatic rings. The average Bonchev–Trinajstić information content (AvgIpc) is 3.11. The maximum Gasteiger partial charge on any atom is 0.433 e. The van der Waals surface area contributed by atoms with Gasteiger partial charge in [0.25, 0.3) is 5.56 Å². The molecule has 2 aromatic heterocycles. The molecule has 0 spiro atoms. The zero-order chi connectivity index (χ0) is 24.3. The second-order valence-electron chi connectivity index (χ2n) is 6.85. The number of halogens is 8. The van der Waals surface area contributed by atoms with Gasteiger partial charge in [0.05, 0.1) is 26.7 Å². The van der Waals surface area contributed by atoms with Crippen LogP contribution in [0.2, 0.25) is 10.0 Å². The van der Waals surface area contributed by atoms with Gasteiger partial charge in [0.2, 0.25) is 0 Å². The van der Waals surface area contributed by atoms with Crippen molar-refractivity contribution in [2.45, 2.75) is 12.4 Å². The van der Waals surface area contributed by atoms with Crippen molar-refractivity contribution in [1.29, 1.82) is 0 Å². The van der Waals surface area contributed by atoms with Crippen molar-refractivity contribution in [1.82, 2.24) is 14.6 Å².